The zero-order valence-corrected chi connectivity index (χ0v) is 16.3. The Kier molecular flexibility index (Phi) is 6.68. The van der Waals surface area contributed by atoms with Crippen molar-refractivity contribution in [3.63, 3.8) is 0 Å². The number of nitrogens with one attached hydrogen (secondary N) is 1. The third-order valence-electron chi connectivity index (χ3n) is 4.50. The first-order valence-electron chi connectivity index (χ1n) is 9.29. The third kappa shape index (κ3) is 5.25. The van der Waals surface area contributed by atoms with Gasteiger partial charge in [-0.1, -0.05) is 30.3 Å². The summed E-state index contributed by atoms with van der Waals surface area (Å²) >= 11 is 0. The van der Waals surface area contributed by atoms with Crippen LogP contribution < -0.4 is 10.1 Å². The molecule has 0 radical (unpaired) electrons. The smallest absolute Gasteiger partial charge is 0.322 e. The Labute approximate surface area is 170 Å². The first-order chi connectivity index (χ1) is 14.1. The molecule has 3 rings (SSSR count). The number of para-hydroxylation sites is 2. The Morgan fingerprint density at radius 1 is 1.21 bits per heavy atom. The monoisotopic (exact) mass is 393 g/mol. The highest BCUT2D eigenvalue weighted by molar-refractivity contribution is 5.91. The maximum atomic E-state index is 13.5. The summed E-state index contributed by atoms with van der Waals surface area (Å²) in [6.07, 6.45) is 3.60. The fraction of sp³-hybridized carbons (Fsp3) is 0.174. The zero-order chi connectivity index (χ0) is 20.6. The molecule has 3 aromatic rings. The first kappa shape index (κ1) is 20.2. The SMILES string of the molecule is C=CCN(Cc1cccn1Cc1cccc(F)c1)C(=O)Nc1ccccc1OC. The maximum Gasteiger partial charge on any atom is 0.322 e. The Morgan fingerprint density at radius 3 is 2.79 bits per heavy atom. The van der Waals surface area contributed by atoms with E-state index in [1.165, 1.54) is 12.1 Å². The molecule has 1 aromatic heterocycles. The molecule has 29 heavy (non-hydrogen) atoms. The molecule has 1 N–H and O–H groups in total. The van der Waals surface area contributed by atoms with E-state index in [4.69, 9.17) is 4.74 Å². The van der Waals surface area contributed by atoms with Crippen LogP contribution in [-0.4, -0.2) is 29.2 Å². The predicted molar refractivity (Wildman–Crippen MR) is 113 cm³/mol. The van der Waals surface area contributed by atoms with Crippen LogP contribution in [0, 0.1) is 5.82 Å². The number of aromatic nitrogens is 1. The molecule has 0 saturated heterocycles. The molecule has 0 saturated carbocycles. The molecule has 5 nitrogen and oxygen atoms in total. The minimum atomic E-state index is -0.263. The van der Waals surface area contributed by atoms with Crippen LogP contribution in [0.4, 0.5) is 14.9 Å². The summed E-state index contributed by atoms with van der Waals surface area (Å²) in [6, 6.07) is 17.4. The van der Waals surface area contributed by atoms with Crippen molar-refractivity contribution in [1.82, 2.24) is 9.47 Å². The normalized spacial score (nSPS) is 10.4. The van der Waals surface area contributed by atoms with Gasteiger partial charge in [-0.05, 0) is 42.0 Å². The van der Waals surface area contributed by atoms with E-state index >= 15 is 0 Å². The van der Waals surface area contributed by atoms with E-state index in [0.717, 1.165) is 11.3 Å². The van der Waals surface area contributed by atoms with Crippen molar-refractivity contribution in [2.45, 2.75) is 13.1 Å². The molecule has 0 fully saturated rings. The lowest BCUT2D eigenvalue weighted by atomic mass is 10.2. The lowest BCUT2D eigenvalue weighted by Crippen LogP contribution is -2.35. The molecule has 2 aromatic carbocycles. The average Bonchev–Trinajstić information content (AvgIpc) is 3.14. The van der Waals surface area contributed by atoms with Crippen LogP contribution in [0.1, 0.15) is 11.3 Å². The fourth-order valence-corrected chi connectivity index (χ4v) is 3.09. The second-order valence-electron chi connectivity index (χ2n) is 6.56. The molecule has 0 aliphatic rings. The van der Waals surface area contributed by atoms with Crippen molar-refractivity contribution in [3.8, 4) is 5.75 Å². The minimum Gasteiger partial charge on any atom is -0.495 e. The minimum absolute atomic E-state index is 0.257. The summed E-state index contributed by atoms with van der Waals surface area (Å²) in [5, 5.41) is 2.89. The molecular weight excluding hydrogens is 369 g/mol. The van der Waals surface area contributed by atoms with Crippen LogP contribution >= 0.6 is 0 Å². The number of benzene rings is 2. The van der Waals surface area contributed by atoms with Crippen LogP contribution in [0.3, 0.4) is 0 Å². The highest BCUT2D eigenvalue weighted by atomic mass is 19.1. The molecule has 0 atom stereocenters. The van der Waals surface area contributed by atoms with Crippen LogP contribution in [0.2, 0.25) is 0 Å². The highest BCUT2D eigenvalue weighted by Crippen LogP contribution is 2.23. The summed E-state index contributed by atoms with van der Waals surface area (Å²) in [4.78, 5) is 14.5. The van der Waals surface area contributed by atoms with E-state index in [1.807, 2.05) is 41.1 Å². The lowest BCUT2D eigenvalue weighted by molar-refractivity contribution is 0.213. The van der Waals surface area contributed by atoms with Crippen molar-refractivity contribution in [2.75, 3.05) is 19.0 Å². The molecule has 0 aliphatic carbocycles. The second kappa shape index (κ2) is 9.59. The molecule has 6 heteroatoms. The number of hydrogen-bond acceptors (Lipinski definition) is 2. The number of hydrogen-bond donors (Lipinski definition) is 1. The summed E-state index contributed by atoms with van der Waals surface area (Å²) in [7, 11) is 1.56. The molecule has 0 bridgehead atoms. The van der Waals surface area contributed by atoms with Gasteiger partial charge < -0.3 is 19.5 Å². The summed E-state index contributed by atoms with van der Waals surface area (Å²) in [6.45, 7) is 5.05. The van der Waals surface area contributed by atoms with E-state index < -0.39 is 0 Å². The standard InChI is InChI=1S/C23H24FN3O2/c1-3-13-27(23(28)25-21-11-4-5-12-22(21)29-2)17-20-10-7-14-26(20)16-18-8-6-9-19(24)15-18/h3-12,14-15H,1,13,16-17H2,2H3,(H,25,28). The van der Waals surface area contributed by atoms with Gasteiger partial charge in [0.25, 0.3) is 0 Å². The molecule has 0 spiro atoms. The van der Waals surface area contributed by atoms with Gasteiger partial charge in [0.1, 0.15) is 11.6 Å². The van der Waals surface area contributed by atoms with E-state index in [2.05, 4.69) is 11.9 Å². The number of ether oxygens (including phenoxy) is 1. The highest BCUT2D eigenvalue weighted by Gasteiger charge is 2.16. The van der Waals surface area contributed by atoms with Gasteiger partial charge in [-0.2, -0.15) is 0 Å². The van der Waals surface area contributed by atoms with E-state index in [1.54, 1.807) is 36.3 Å². The fourth-order valence-electron chi connectivity index (χ4n) is 3.09. The summed E-state index contributed by atoms with van der Waals surface area (Å²) in [5.74, 6) is 0.328. The molecule has 1 heterocycles. The number of carbonyl (C=O) groups excluding carboxylic acids is 1. The molecule has 0 unspecified atom stereocenters. The number of halogens is 1. The molecular formula is C23H24FN3O2. The zero-order valence-electron chi connectivity index (χ0n) is 16.3. The van der Waals surface area contributed by atoms with Crippen LogP contribution in [-0.2, 0) is 13.1 Å². The van der Waals surface area contributed by atoms with Gasteiger partial charge in [0, 0.05) is 25.0 Å². The van der Waals surface area contributed by atoms with Crippen molar-refractivity contribution in [1.29, 1.82) is 0 Å². The van der Waals surface area contributed by atoms with Crippen molar-refractivity contribution in [3.05, 3.63) is 96.6 Å². The number of methoxy groups -OCH3 is 1. The number of carbonyl (C=O) groups is 1. The number of urea groups is 1. The summed E-state index contributed by atoms with van der Waals surface area (Å²) in [5.41, 5.74) is 2.40. The van der Waals surface area contributed by atoms with Gasteiger partial charge in [0.15, 0.2) is 0 Å². The number of nitrogens with zero attached hydrogens (tertiary/aromatic N) is 2. The van der Waals surface area contributed by atoms with Gasteiger partial charge in [-0.15, -0.1) is 6.58 Å². The topological polar surface area (TPSA) is 46.5 Å². The maximum absolute atomic E-state index is 13.5. The number of amides is 2. The van der Waals surface area contributed by atoms with Crippen molar-refractivity contribution in [2.24, 2.45) is 0 Å². The third-order valence-corrected chi connectivity index (χ3v) is 4.50. The average molecular weight is 393 g/mol. The summed E-state index contributed by atoms with van der Waals surface area (Å²) < 4.78 is 20.8. The van der Waals surface area contributed by atoms with Crippen LogP contribution in [0.5, 0.6) is 5.75 Å². The number of rotatable bonds is 8. The number of anilines is 1. The van der Waals surface area contributed by atoms with E-state index in [-0.39, 0.29) is 11.8 Å². The van der Waals surface area contributed by atoms with Gasteiger partial charge in [0.05, 0.1) is 19.3 Å². The Hall–Kier alpha value is -3.54. The lowest BCUT2D eigenvalue weighted by Gasteiger charge is -2.23. The van der Waals surface area contributed by atoms with E-state index in [9.17, 15) is 9.18 Å². The van der Waals surface area contributed by atoms with Gasteiger partial charge in [-0.25, -0.2) is 9.18 Å². The van der Waals surface area contributed by atoms with Gasteiger partial charge in [0.2, 0.25) is 0 Å². The first-order valence-corrected chi connectivity index (χ1v) is 9.29. The Balaban J connectivity index is 1.75. The van der Waals surface area contributed by atoms with Gasteiger partial charge >= 0.3 is 6.03 Å². The molecule has 150 valence electrons. The molecule has 0 aliphatic heterocycles. The Morgan fingerprint density at radius 2 is 2.03 bits per heavy atom. The predicted octanol–water partition coefficient (Wildman–Crippen LogP) is 4.90. The van der Waals surface area contributed by atoms with Crippen molar-refractivity contribution < 1.29 is 13.9 Å². The molecule has 2 amide bonds. The van der Waals surface area contributed by atoms with Crippen LogP contribution in [0.25, 0.3) is 0 Å². The van der Waals surface area contributed by atoms with Gasteiger partial charge in [-0.3, -0.25) is 0 Å². The largest absolute Gasteiger partial charge is 0.495 e. The second-order valence-corrected chi connectivity index (χ2v) is 6.56. The Bertz CT molecular complexity index is 984. The van der Waals surface area contributed by atoms with Crippen LogP contribution in [0.15, 0.2) is 79.5 Å². The quantitative estimate of drug-likeness (QED) is 0.553. The van der Waals surface area contributed by atoms with E-state index in [0.29, 0.717) is 31.1 Å². The van der Waals surface area contributed by atoms with Crippen molar-refractivity contribution >= 4 is 11.7 Å².